The van der Waals surface area contributed by atoms with Crippen LogP contribution in [0.4, 0.5) is 4.79 Å². The summed E-state index contributed by atoms with van der Waals surface area (Å²) in [6.07, 6.45) is 1.10. The summed E-state index contributed by atoms with van der Waals surface area (Å²) in [6.45, 7) is 12.7. The van der Waals surface area contributed by atoms with E-state index in [1.807, 2.05) is 41.5 Å². The van der Waals surface area contributed by atoms with Crippen molar-refractivity contribution in [3.05, 3.63) is 11.4 Å². The van der Waals surface area contributed by atoms with Crippen molar-refractivity contribution in [1.29, 1.82) is 0 Å². The third kappa shape index (κ3) is 5.34. The van der Waals surface area contributed by atoms with Crippen LogP contribution in [-0.2, 0) is 14.9 Å². The van der Waals surface area contributed by atoms with Crippen LogP contribution in [0.5, 0.6) is 0 Å². The summed E-state index contributed by atoms with van der Waals surface area (Å²) in [6, 6.07) is -0.188. The van der Waals surface area contributed by atoms with Crippen LogP contribution in [0, 0.1) is 0 Å². The lowest BCUT2D eigenvalue weighted by Gasteiger charge is -2.34. The van der Waals surface area contributed by atoms with Gasteiger partial charge in [-0.05, 0) is 33.6 Å². The van der Waals surface area contributed by atoms with Gasteiger partial charge in [0.25, 0.3) is 0 Å². The van der Waals surface area contributed by atoms with E-state index in [1.165, 1.54) is 0 Å². The lowest BCUT2D eigenvalue weighted by atomic mass is 9.89. The van der Waals surface area contributed by atoms with Gasteiger partial charge in [-0.3, -0.25) is 0 Å². The Balaban J connectivity index is 2.16. The number of alkyl halides is 1. The highest BCUT2D eigenvalue weighted by atomic mass is 35.5. The van der Waals surface area contributed by atoms with Crippen molar-refractivity contribution >= 4 is 23.7 Å². The molecule has 1 fully saturated rings. The Morgan fingerprint density at radius 3 is 2.22 bits per heavy atom. The number of nitrogens with zero attached hydrogens (tertiary/aromatic N) is 4. The summed E-state index contributed by atoms with van der Waals surface area (Å²) in [5, 5.41) is 8.28. The van der Waals surface area contributed by atoms with Crippen LogP contribution in [0.2, 0.25) is 0 Å². The predicted molar refractivity (Wildman–Crippen MR) is 101 cm³/mol. The molecular weight excluding hydrogens is 372 g/mol. The SMILES string of the molecule is CC(C)(C)OC(=O)N1CCC(n2nnc(C(=O)OCCl)c2C(C)(C)C)CC1. The Kier molecular flexibility index (Phi) is 6.39. The Morgan fingerprint density at radius 2 is 1.74 bits per heavy atom. The van der Waals surface area contributed by atoms with Gasteiger partial charge in [-0.1, -0.05) is 37.6 Å². The van der Waals surface area contributed by atoms with Gasteiger partial charge in [0.1, 0.15) is 5.60 Å². The molecule has 0 bridgehead atoms. The summed E-state index contributed by atoms with van der Waals surface area (Å²) in [4.78, 5) is 26.1. The van der Waals surface area contributed by atoms with Crippen molar-refractivity contribution in [2.45, 2.75) is 71.4 Å². The van der Waals surface area contributed by atoms with Gasteiger partial charge in [0, 0.05) is 18.5 Å². The van der Waals surface area contributed by atoms with Crippen LogP contribution in [0.15, 0.2) is 0 Å². The largest absolute Gasteiger partial charge is 0.445 e. The molecule has 0 saturated carbocycles. The topological polar surface area (TPSA) is 86.5 Å². The number of esters is 1. The van der Waals surface area contributed by atoms with Gasteiger partial charge in [-0.25, -0.2) is 14.3 Å². The summed E-state index contributed by atoms with van der Waals surface area (Å²) in [7, 11) is 0. The molecule has 27 heavy (non-hydrogen) atoms. The molecule has 1 aliphatic heterocycles. The molecule has 0 unspecified atom stereocenters. The minimum Gasteiger partial charge on any atom is -0.445 e. The summed E-state index contributed by atoms with van der Waals surface area (Å²) < 4.78 is 12.1. The van der Waals surface area contributed by atoms with Crippen LogP contribution >= 0.6 is 11.6 Å². The fourth-order valence-corrected chi connectivity index (χ4v) is 3.22. The van der Waals surface area contributed by atoms with E-state index in [0.717, 1.165) is 0 Å². The Hall–Kier alpha value is -1.83. The fraction of sp³-hybridized carbons (Fsp3) is 0.778. The van der Waals surface area contributed by atoms with Gasteiger partial charge in [0.05, 0.1) is 11.7 Å². The van der Waals surface area contributed by atoms with Crippen LogP contribution in [0.25, 0.3) is 0 Å². The molecule has 0 N–H and O–H groups in total. The van der Waals surface area contributed by atoms with E-state index >= 15 is 0 Å². The smallest absolute Gasteiger partial charge is 0.410 e. The molecule has 8 nitrogen and oxygen atoms in total. The molecule has 2 heterocycles. The lowest BCUT2D eigenvalue weighted by Crippen LogP contribution is -2.42. The minimum atomic E-state index is -0.577. The zero-order valence-electron chi connectivity index (χ0n) is 16.9. The van der Waals surface area contributed by atoms with Gasteiger partial charge in [-0.2, -0.15) is 0 Å². The molecule has 1 saturated heterocycles. The highest BCUT2D eigenvalue weighted by Crippen LogP contribution is 2.31. The molecular formula is C18H29ClN4O4. The van der Waals surface area contributed by atoms with E-state index in [-0.39, 0.29) is 29.3 Å². The molecule has 2 rings (SSSR count). The van der Waals surface area contributed by atoms with Gasteiger partial charge in [0.2, 0.25) is 0 Å². The molecule has 1 aromatic rings. The number of carbonyl (C=O) groups is 2. The van der Waals surface area contributed by atoms with Gasteiger partial charge < -0.3 is 14.4 Å². The number of aromatic nitrogens is 3. The van der Waals surface area contributed by atoms with E-state index in [4.69, 9.17) is 21.1 Å². The Morgan fingerprint density at radius 1 is 1.15 bits per heavy atom. The van der Waals surface area contributed by atoms with Crippen molar-refractivity contribution < 1.29 is 19.1 Å². The third-order valence-corrected chi connectivity index (χ3v) is 4.36. The maximum Gasteiger partial charge on any atom is 0.410 e. The zero-order chi connectivity index (χ0) is 20.4. The van der Waals surface area contributed by atoms with Crippen LogP contribution in [-0.4, -0.2) is 56.7 Å². The summed E-state index contributed by atoms with van der Waals surface area (Å²) >= 11 is 5.51. The molecule has 0 aromatic carbocycles. The molecule has 9 heteroatoms. The van der Waals surface area contributed by atoms with Crippen molar-refractivity contribution in [2.24, 2.45) is 0 Å². The highest BCUT2D eigenvalue weighted by Gasteiger charge is 2.35. The van der Waals surface area contributed by atoms with E-state index in [0.29, 0.717) is 31.6 Å². The third-order valence-electron chi connectivity index (χ3n) is 4.25. The number of piperidine rings is 1. The molecule has 0 atom stereocenters. The minimum absolute atomic E-state index is 0.0444. The number of carbonyl (C=O) groups excluding carboxylic acids is 2. The van der Waals surface area contributed by atoms with Crippen LogP contribution < -0.4 is 0 Å². The van der Waals surface area contributed by atoms with Crippen molar-refractivity contribution in [3.8, 4) is 0 Å². The molecule has 1 amide bonds. The van der Waals surface area contributed by atoms with E-state index < -0.39 is 11.6 Å². The van der Waals surface area contributed by atoms with Crippen molar-refractivity contribution in [2.75, 3.05) is 19.2 Å². The molecule has 0 aliphatic carbocycles. The fourth-order valence-electron chi connectivity index (χ4n) is 3.12. The monoisotopic (exact) mass is 400 g/mol. The molecule has 0 spiro atoms. The first-order valence-electron chi connectivity index (χ1n) is 9.10. The second-order valence-electron chi connectivity index (χ2n) is 8.72. The second-order valence-corrected chi connectivity index (χ2v) is 8.94. The van der Waals surface area contributed by atoms with E-state index in [1.54, 1.807) is 9.58 Å². The Labute approximate surface area is 165 Å². The van der Waals surface area contributed by atoms with Gasteiger partial charge >= 0.3 is 12.1 Å². The maximum atomic E-state index is 12.2. The number of hydrogen-bond donors (Lipinski definition) is 0. The quantitative estimate of drug-likeness (QED) is 0.570. The number of amides is 1. The van der Waals surface area contributed by atoms with Crippen LogP contribution in [0.3, 0.4) is 0 Å². The van der Waals surface area contributed by atoms with Gasteiger partial charge in [0.15, 0.2) is 11.8 Å². The first-order chi connectivity index (χ1) is 12.4. The Bertz CT molecular complexity index is 683. The molecule has 1 aromatic heterocycles. The average molecular weight is 401 g/mol. The predicted octanol–water partition coefficient (Wildman–Crippen LogP) is 3.50. The zero-order valence-corrected chi connectivity index (χ0v) is 17.7. The lowest BCUT2D eigenvalue weighted by molar-refractivity contribution is 0.0182. The van der Waals surface area contributed by atoms with Crippen molar-refractivity contribution in [3.63, 3.8) is 0 Å². The van der Waals surface area contributed by atoms with E-state index in [2.05, 4.69) is 10.3 Å². The summed E-state index contributed by atoms with van der Waals surface area (Å²) in [5.74, 6) is -0.577. The molecule has 0 radical (unpaired) electrons. The first kappa shape index (κ1) is 21.5. The van der Waals surface area contributed by atoms with Crippen molar-refractivity contribution in [1.82, 2.24) is 19.9 Å². The standard InChI is InChI=1S/C18H29ClN4O4/c1-17(2,3)14-13(15(24)26-11-19)20-21-23(14)12-7-9-22(10-8-12)16(25)27-18(4,5)6/h12H,7-11H2,1-6H3. The number of likely N-dealkylation sites (tertiary alicyclic amines) is 1. The maximum absolute atomic E-state index is 12.2. The number of ether oxygens (including phenoxy) is 2. The molecule has 1 aliphatic rings. The van der Waals surface area contributed by atoms with E-state index in [9.17, 15) is 9.59 Å². The number of rotatable bonds is 3. The summed E-state index contributed by atoms with van der Waals surface area (Å²) in [5.41, 5.74) is 0.0367. The number of halogens is 1. The number of hydrogen-bond acceptors (Lipinski definition) is 6. The van der Waals surface area contributed by atoms with Gasteiger partial charge in [-0.15, -0.1) is 5.10 Å². The first-order valence-corrected chi connectivity index (χ1v) is 9.64. The second kappa shape index (κ2) is 8.04. The van der Waals surface area contributed by atoms with Crippen LogP contribution in [0.1, 0.15) is 76.6 Å². The normalized spacial score (nSPS) is 16.3. The molecule has 152 valence electrons. The highest BCUT2D eigenvalue weighted by molar-refractivity contribution is 6.17. The average Bonchev–Trinajstić information content (AvgIpc) is 2.99.